The van der Waals surface area contributed by atoms with Crippen molar-refractivity contribution in [1.82, 2.24) is 10.3 Å². The van der Waals surface area contributed by atoms with Gasteiger partial charge in [-0.3, -0.25) is 9.59 Å². The van der Waals surface area contributed by atoms with Crippen LogP contribution in [0.4, 0.5) is 17.2 Å². The van der Waals surface area contributed by atoms with Gasteiger partial charge in [-0.15, -0.1) is 0 Å². The van der Waals surface area contributed by atoms with Crippen molar-refractivity contribution < 1.29 is 14.3 Å². The van der Waals surface area contributed by atoms with E-state index in [1.807, 2.05) is 12.1 Å². The van der Waals surface area contributed by atoms with Crippen LogP contribution in [0.5, 0.6) is 5.75 Å². The number of ether oxygens (including phenoxy) is 1. The van der Waals surface area contributed by atoms with Gasteiger partial charge in [0.2, 0.25) is 0 Å². The maximum absolute atomic E-state index is 13.5. The van der Waals surface area contributed by atoms with E-state index in [0.717, 1.165) is 51.1 Å². The second kappa shape index (κ2) is 11.8. The monoisotopic (exact) mass is 534 g/mol. The van der Waals surface area contributed by atoms with Crippen LogP contribution in [-0.2, 0) is 0 Å². The number of nitrogens with one attached hydrogen (secondary N) is 3. The van der Waals surface area contributed by atoms with Crippen LogP contribution in [0, 0.1) is 0 Å². The molecule has 2 saturated heterocycles. The van der Waals surface area contributed by atoms with E-state index < -0.39 is 5.91 Å². The third kappa shape index (κ3) is 6.24. The Hall–Kier alpha value is -3.66. The minimum atomic E-state index is -0.400. The zero-order chi connectivity index (χ0) is 26.5. The number of nitrogens with two attached hydrogens (primary N) is 1. The Morgan fingerprint density at radius 3 is 2.53 bits per heavy atom. The van der Waals surface area contributed by atoms with Crippen LogP contribution in [0.15, 0.2) is 60.8 Å². The van der Waals surface area contributed by atoms with Gasteiger partial charge in [0, 0.05) is 37.1 Å². The number of carbonyl (C=O) groups excluding carboxylic acids is 2. The quantitative estimate of drug-likeness (QED) is 0.362. The molecule has 3 aromatic rings. The Labute approximate surface area is 226 Å². The number of hydrogen-bond acceptors (Lipinski definition) is 7. The van der Waals surface area contributed by atoms with Gasteiger partial charge >= 0.3 is 0 Å². The maximum Gasteiger partial charge on any atom is 0.259 e. The fourth-order valence-corrected chi connectivity index (χ4v) is 4.83. The fraction of sp³-hybridized carbons (Fsp3) is 0.321. The van der Waals surface area contributed by atoms with Crippen molar-refractivity contribution in [2.75, 3.05) is 41.7 Å². The normalized spacial score (nSPS) is 17.7. The molecule has 3 heterocycles. The summed E-state index contributed by atoms with van der Waals surface area (Å²) in [5.74, 6) is 0.126. The lowest BCUT2D eigenvalue weighted by Gasteiger charge is -2.26. The lowest BCUT2D eigenvalue weighted by atomic mass is 10.1. The summed E-state index contributed by atoms with van der Waals surface area (Å²) in [5, 5.41) is 9.46. The molecule has 0 aliphatic carbocycles. The van der Waals surface area contributed by atoms with Crippen molar-refractivity contribution in [2.45, 2.75) is 31.4 Å². The van der Waals surface area contributed by atoms with Crippen LogP contribution in [0.2, 0.25) is 5.02 Å². The van der Waals surface area contributed by atoms with Crippen molar-refractivity contribution in [3.63, 3.8) is 0 Å². The number of anilines is 3. The minimum Gasteiger partial charge on any atom is -0.489 e. The lowest BCUT2D eigenvalue weighted by Crippen LogP contribution is -2.34. The highest BCUT2D eigenvalue weighted by atomic mass is 35.5. The van der Waals surface area contributed by atoms with Crippen LogP contribution >= 0.6 is 11.6 Å². The first-order valence-corrected chi connectivity index (χ1v) is 13.2. The molecule has 5 N–H and O–H groups in total. The summed E-state index contributed by atoms with van der Waals surface area (Å²) < 4.78 is 6.38. The van der Waals surface area contributed by atoms with Gasteiger partial charge in [0.25, 0.3) is 11.8 Å². The number of pyridine rings is 1. The third-order valence-electron chi connectivity index (χ3n) is 6.77. The van der Waals surface area contributed by atoms with Gasteiger partial charge < -0.3 is 31.3 Å². The number of carbonyl (C=O) groups is 2. The van der Waals surface area contributed by atoms with Gasteiger partial charge in [-0.25, -0.2) is 4.98 Å². The molecule has 2 aromatic carbocycles. The number of benzene rings is 2. The van der Waals surface area contributed by atoms with E-state index in [-0.39, 0.29) is 18.1 Å². The molecule has 9 nitrogen and oxygen atoms in total. The average Bonchev–Trinajstić information content (AvgIpc) is 3.37. The first-order chi connectivity index (χ1) is 18.5. The molecule has 38 heavy (non-hydrogen) atoms. The SMILES string of the molecule is N[C@H]1CCN(c2ccc(C(=O)Nc3ccccc3C(=O)Nc3ccc(Cl)cn3)c(OC3CCNCC3)c2)C1. The molecule has 2 aliphatic heterocycles. The van der Waals surface area contributed by atoms with Crippen LogP contribution in [0.1, 0.15) is 40.0 Å². The summed E-state index contributed by atoms with van der Waals surface area (Å²) in [6.07, 6.45) is 4.12. The molecule has 0 saturated carbocycles. The molecular formula is C28H31ClN6O3. The molecule has 0 radical (unpaired) electrons. The second-order valence-corrected chi connectivity index (χ2v) is 9.99. The van der Waals surface area contributed by atoms with Crippen LogP contribution < -0.4 is 31.3 Å². The van der Waals surface area contributed by atoms with E-state index >= 15 is 0 Å². The van der Waals surface area contributed by atoms with Crippen LogP contribution in [0.3, 0.4) is 0 Å². The van der Waals surface area contributed by atoms with Gasteiger partial charge in [-0.2, -0.15) is 0 Å². The lowest BCUT2D eigenvalue weighted by molar-refractivity contribution is 0.101. The maximum atomic E-state index is 13.5. The summed E-state index contributed by atoms with van der Waals surface area (Å²) >= 11 is 5.89. The van der Waals surface area contributed by atoms with Crippen molar-refractivity contribution >= 4 is 40.6 Å². The predicted octanol–water partition coefficient (Wildman–Crippen LogP) is 3.91. The van der Waals surface area contributed by atoms with Gasteiger partial charge in [0.05, 0.1) is 21.8 Å². The Morgan fingerprint density at radius 1 is 1.00 bits per heavy atom. The summed E-state index contributed by atoms with van der Waals surface area (Å²) in [4.78, 5) is 32.9. The number of aromatic nitrogens is 1. The molecule has 2 amide bonds. The Bertz CT molecular complexity index is 1300. The molecule has 198 valence electrons. The van der Waals surface area contributed by atoms with Gasteiger partial charge in [-0.1, -0.05) is 23.7 Å². The third-order valence-corrected chi connectivity index (χ3v) is 6.99. The molecular weight excluding hydrogens is 504 g/mol. The largest absolute Gasteiger partial charge is 0.489 e. The zero-order valence-corrected chi connectivity index (χ0v) is 21.7. The number of nitrogens with zero attached hydrogens (tertiary/aromatic N) is 2. The van der Waals surface area contributed by atoms with E-state index in [9.17, 15) is 9.59 Å². The second-order valence-electron chi connectivity index (χ2n) is 9.56. The molecule has 0 spiro atoms. The van der Waals surface area contributed by atoms with Crippen LogP contribution in [-0.4, -0.2) is 55.1 Å². The topological polar surface area (TPSA) is 122 Å². The van der Waals surface area contributed by atoms with Crippen molar-refractivity contribution in [2.24, 2.45) is 5.73 Å². The standard InChI is InChI=1S/C28H31ClN6O3/c29-18-5-8-26(32-16-18)34-27(36)22-3-1-2-4-24(22)33-28(37)23-7-6-20(35-14-11-19(30)17-35)15-25(23)38-21-9-12-31-13-10-21/h1-8,15-16,19,21,31H,9-14,17,30H2,(H,33,37)(H,32,34,36)/t19-/m0/s1. The first-order valence-electron chi connectivity index (χ1n) is 12.8. The first kappa shape index (κ1) is 26.0. The van der Waals surface area contributed by atoms with Gasteiger partial charge in [0.15, 0.2) is 0 Å². The minimum absolute atomic E-state index is 0.0174. The van der Waals surface area contributed by atoms with E-state index in [1.165, 1.54) is 6.20 Å². The smallest absolute Gasteiger partial charge is 0.259 e. The van der Waals surface area contributed by atoms with E-state index in [1.54, 1.807) is 42.5 Å². The number of rotatable bonds is 7. The Balaban J connectivity index is 1.38. The highest BCUT2D eigenvalue weighted by molar-refractivity contribution is 6.30. The highest BCUT2D eigenvalue weighted by Crippen LogP contribution is 2.31. The molecule has 2 aliphatic rings. The molecule has 2 fully saturated rings. The number of hydrogen-bond donors (Lipinski definition) is 4. The summed E-state index contributed by atoms with van der Waals surface area (Å²) in [6.45, 7) is 3.38. The van der Waals surface area contributed by atoms with E-state index in [4.69, 9.17) is 22.1 Å². The number of piperidine rings is 1. The predicted molar refractivity (Wildman–Crippen MR) is 149 cm³/mol. The Morgan fingerprint density at radius 2 is 1.79 bits per heavy atom. The highest BCUT2D eigenvalue weighted by Gasteiger charge is 2.24. The Kier molecular flexibility index (Phi) is 8.07. The van der Waals surface area contributed by atoms with Gasteiger partial charge in [-0.05, 0) is 68.8 Å². The summed E-state index contributed by atoms with van der Waals surface area (Å²) in [7, 11) is 0. The average molecular weight is 535 g/mol. The summed E-state index contributed by atoms with van der Waals surface area (Å²) in [5.41, 5.74) is 8.20. The zero-order valence-electron chi connectivity index (χ0n) is 21.0. The van der Waals surface area contributed by atoms with Crippen molar-refractivity contribution in [3.8, 4) is 5.75 Å². The molecule has 0 bridgehead atoms. The number of halogens is 1. The fourth-order valence-electron chi connectivity index (χ4n) is 4.72. The van der Waals surface area contributed by atoms with Crippen LogP contribution in [0.25, 0.3) is 0 Å². The van der Waals surface area contributed by atoms with E-state index in [2.05, 4.69) is 25.8 Å². The molecule has 1 aromatic heterocycles. The molecule has 0 unspecified atom stereocenters. The molecule has 1 atom stereocenters. The van der Waals surface area contributed by atoms with Crippen molar-refractivity contribution in [3.05, 3.63) is 76.9 Å². The summed E-state index contributed by atoms with van der Waals surface area (Å²) in [6, 6.07) is 15.9. The molecule has 10 heteroatoms. The number of para-hydroxylation sites is 1. The van der Waals surface area contributed by atoms with E-state index in [0.29, 0.717) is 33.4 Å². The number of amides is 2. The molecule has 5 rings (SSSR count). The van der Waals surface area contributed by atoms with Gasteiger partial charge in [0.1, 0.15) is 17.7 Å². The van der Waals surface area contributed by atoms with Crippen molar-refractivity contribution in [1.29, 1.82) is 0 Å².